The molecule has 0 spiro atoms. The summed E-state index contributed by atoms with van der Waals surface area (Å²) in [6, 6.07) is 16.8. The summed E-state index contributed by atoms with van der Waals surface area (Å²) in [7, 11) is -3.66. The third-order valence-electron chi connectivity index (χ3n) is 4.82. The molecule has 0 unspecified atom stereocenters. The number of hydrogen-bond donors (Lipinski definition) is 0. The Kier molecular flexibility index (Phi) is 5.59. The molecule has 3 rings (SSSR count). The van der Waals surface area contributed by atoms with Crippen LogP contribution in [0.4, 0.5) is 0 Å². The van der Waals surface area contributed by atoms with Gasteiger partial charge in [-0.25, -0.2) is 8.42 Å². The number of benzene rings is 2. The molecule has 1 heterocycles. The maximum atomic E-state index is 12.9. The molecule has 6 nitrogen and oxygen atoms in total. The van der Waals surface area contributed by atoms with E-state index in [0.29, 0.717) is 24.1 Å². The maximum Gasteiger partial charge on any atom is 0.254 e. The van der Waals surface area contributed by atoms with Crippen LogP contribution in [-0.4, -0.2) is 49.2 Å². The van der Waals surface area contributed by atoms with Crippen molar-refractivity contribution in [3.63, 3.8) is 0 Å². The van der Waals surface area contributed by atoms with Crippen molar-refractivity contribution in [2.75, 3.05) is 19.6 Å². The van der Waals surface area contributed by atoms with Crippen LogP contribution in [0.1, 0.15) is 29.3 Å². The van der Waals surface area contributed by atoms with E-state index in [9.17, 15) is 13.2 Å². The number of hydrogen-bond acceptors (Lipinski definition) is 4. The Morgan fingerprint density at radius 1 is 1.11 bits per heavy atom. The zero-order chi connectivity index (χ0) is 19.4. The second kappa shape index (κ2) is 7.91. The Morgan fingerprint density at radius 3 is 2.37 bits per heavy atom. The molecule has 1 atom stereocenters. The fraction of sp³-hybridized carbons (Fsp3) is 0.300. The Bertz CT molecular complexity index is 950. The highest BCUT2D eigenvalue weighted by Crippen LogP contribution is 2.23. The molecule has 0 aliphatic carbocycles. The van der Waals surface area contributed by atoms with Gasteiger partial charge in [0, 0.05) is 31.2 Å². The predicted octanol–water partition coefficient (Wildman–Crippen LogP) is 2.48. The highest BCUT2D eigenvalue weighted by Gasteiger charge is 2.35. The molecule has 0 aromatic heterocycles. The van der Waals surface area contributed by atoms with E-state index in [0.717, 1.165) is 0 Å². The standard InChI is InChI=1S/C20H21N3O3S/c1-2-18-15-22(27(25,26)19-10-8-16(14-21)9-11-19)12-13-23(18)20(24)17-6-4-3-5-7-17/h3-11,18H,2,12-13,15H2,1H3/t18-/m1/s1. The van der Waals surface area contributed by atoms with Gasteiger partial charge in [0.15, 0.2) is 0 Å². The molecule has 0 bridgehead atoms. The average Bonchev–Trinajstić information content (AvgIpc) is 2.73. The van der Waals surface area contributed by atoms with E-state index in [1.54, 1.807) is 17.0 Å². The van der Waals surface area contributed by atoms with Crippen molar-refractivity contribution < 1.29 is 13.2 Å². The molecule has 2 aromatic rings. The molecule has 27 heavy (non-hydrogen) atoms. The SMILES string of the molecule is CC[C@@H]1CN(S(=O)(=O)c2ccc(C#N)cc2)CCN1C(=O)c1ccccc1. The predicted molar refractivity (Wildman–Crippen MR) is 101 cm³/mol. The number of nitrogens with zero attached hydrogens (tertiary/aromatic N) is 3. The summed E-state index contributed by atoms with van der Waals surface area (Å²) in [6.07, 6.45) is 0.665. The topological polar surface area (TPSA) is 81.5 Å². The Balaban J connectivity index is 1.79. The minimum Gasteiger partial charge on any atom is -0.333 e. The van der Waals surface area contributed by atoms with E-state index in [1.165, 1.54) is 28.6 Å². The van der Waals surface area contributed by atoms with Gasteiger partial charge < -0.3 is 4.90 Å². The maximum absolute atomic E-state index is 12.9. The van der Waals surface area contributed by atoms with Gasteiger partial charge in [-0.15, -0.1) is 0 Å². The van der Waals surface area contributed by atoms with E-state index in [1.807, 2.05) is 31.2 Å². The molecular weight excluding hydrogens is 362 g/mol. The van der Waals surface area contributed by atoms with Crippen molar-refractivity contribution in [1.29, 1.82) is 5.26 Å². The van der Waals surface area contributed by atoms with Gasteiger partial charge >= 0.3 is 0 Å². The van der Waals surface area contributed by atoms with Crippen LogP contribution in [0.3, 0.4) is 0 Å². The van der Waals surface area contributed by atoms with Gasteiger partial charge in [0.25, 0.3) is 5.91 Å². The molecule has 0 saturated carbocycles. The van der Waals surface area contributed by atoms with Crippen LogP contribution in [0.25, 0.3) is 0 Å². The van der Waals surface area contributed by atoms with Gasteiger partial charge in [-0.05, 0) is 42.8 Å². The third kappa shape index (κ3) is 3.87. The first kappa shape index (κ1) is 19.1. The number of nitriles is 1. The van der Waals surface area contributed by atoms with Crippen LogP contribution < -0.4 is 0 Å². The summed E-state index contributed by atoms with van der Waals surface area (Å²) < 4.78 is 27.3. The van der Waals surface area contributed by atoms with Crippen LogP contribution >= 0.6 is 0 Å². The molecular formula is C20H21N3O3S. The zero-order valence-corrected chi connectivity index (χ0v) is 15.9. The van der Waals surface area contributed by atoms with Crippen LogP contribution in [0.15, 0.2) is 59.5 Å². The van der Waals surface area contributed by atoms with Crippen molar-refractivity contribution in [3.8, 4) is 6.07 Å². The number of carbonyl (C=O) groups excluding carboxylic acids is 1. The third-order valence-corrected chi connectivity index (χ3v) is 6.70. The van der Waals surface area contributed by atoms with E-state index in [-0.39, 0.29) is 29.9 Å². The summed E-state index contributed by atoms with van der Waals surface area (Å²) in [6.45, 7) is 2.81. The summed E-state index contributed by atoms with van der Waals surface area (Å²) in [4.78, 5) is 14.7. The van der Waals surface area contributed by atoms with Crippen LogP contribution in [0, 0.1) is 11.3 Å². The first-order valence-corrected chi connectivity index (χ1v) is 10.3. The minimum absolute atomic E-state index is 0.0714. The molecule has 1 amide bonds. The zero-order valence-electron chi connectivity index (χ0n) is 15.1. The second-order valence-corrected chi connectivity index (χ2v) is 8.36. The van der Waals surface area contributed by atoms with Crippen molar-refractivity contribution in [2.24, 2.45) is 0 Å². The van der Waals surface area contributed by atoms with Gasteiger partial charge in [0.05, 0.1) is 16.5 Å². The number of sulfonamides is 1. The van der Waals surface area contributed by atoms with Crippen LogP contribution in [0.5, 0.6) is 0 Å². The highest BCUT2D eigenvalue weighted by molar-refractivity contribution is 7.89. The van der Waals surface area contributed by atoms with Gasteiger partial charge in [0.2, 0.25) is 10.0 Å². The van der Waals surface area contributed by atoms with Crippen LogP contribution in [0.2, 0.25) is 0 Å². The number of rotatable bonds is 4. The van der Waals surface area contributed by atoms with Gasteiger partial charge in [-0.3, -0.25) is 4.79 Å². The second-order valence-electron chi connectivity index (χ2n) is 6.43. The number of amides is 1. The van der Waals surface area contributed by atoms with Crippen molar-refractivity contribution >= 4 is 15.9 Å². The average molecular weight is 383 g/mol. The lowest BCUT2D eigenvalue weighted by atomic mass is 10.1. The summed E-state index contributed by atoms with van der Waals surface area (Å²) >= 11 is 0. The van der Waals surface area contributed by atoms with Gasteiger partial charge in [-0.2, -0.15) is 9.57 Å². The molecule has 1 aliphatic heterocycles. The van der Waals surface area contributed by atoms with Crippen molar-refractivity contribution in [2.45, 2.75) is 24.3 Å². The van der Waals surface area contributed by atoms with E-state index in [4.69, 9.17) is 5.26 Å². The largest absolute Gasteiger partial charge is 0.333 e. The van der Waals surface area contributed by atoms with Crippen molar-refractivity contribution in [1.82, 2.24) is 9.21 Å². The van der Waals surface area contributed by atoms with E-state index in [2.05, 4.69) is 0 Å². The normalized spacial score (nSPS) is 18.1. The lowest BCUT2D eigenvalue weighted by molar-refractivity contribution is 0.0558. The molecule has 0 radical (unpaired) electrons. The quantitative estimate of drug-likeness (QED) is 0.812. The molecule has 2 aromatic carbocycles. The summed E-state index contributed by atoms with van der Waals surface area (Å²) in [5.41, 5.74) is 1.03. The first-order chi connectivity index (χ1) is 13.0. The van der Waals surface area contributed by atoms with Gasteiger partial charge in [-0.1, -0.05) is 25.1 Å². The lowest BCUT2D eigenvalue weighted by Crippen LogP contribution is -2.56. The number of piperazine rings is 1. The van der Waals surface area contributed by atoms with E-state index >= 15 is 0 Å². The molecule has 7 heteroatoms. The molecule has 0 N–H and O–H groups in total. The Labute approximate surface area is 159 Å². The van der Waals surface area contributed by atoms with E-state index < -0.39 is 10.0 Å². The molecule has 1 fully saturated rings. The monoisotopic (exact) mass is 383 g/mol. The molecule has 140 valence electrons. The Hall–Kier alpha value is -2.69. The summed E-state index contributed by atoms with van der Waals surface area (Å²) in [5.74, 6) is -0.0714. The summed E-state index contributed by atoms with van der Waals surface area (Å²) in [5, 5.41) is 8.87. The molecule has 1 aliphatic rings. The Morgan fingerprint density at radius 2 is 1.78 bits per heavy atom. The highest BCUT2D eigenvalue weighted by atomic mass is 32.2. The van der Waals surface area contributed by atoms with Crippen molar-refractivity contribution in [3.05, 3.63) is 65.7 Å². The first-order valence-electron chi connectivity index (χ1n) is 8.83. The fourth-order valence-corrected chi connectivity index (χ4v) is 4.73. The lowest BCUT2D eigenvalue weighted by Gasteiger charge is -2.40. The fourth-order valence-electron chi connectivity index (χ4n) is 3.26. The number of carbonyl (C=O) groups is 1. The smallest absolute Gasteiger partial charge is 0.254 e. The molecule has 1 saturated heterocycles. The van der Waals surface area contributed by atoms with Gasteiger partial charge in [0.1, 0.15) is 0 Å². The van der Waals surface area contributed by atoms with Crippen LogP contribution in [-0.2, 0) is 10.0 Å². The minimum atomic E-state index is -3.66.